The van der Waals surface area contributed by atoms with E-state index < -0.39 is 11.7 Å². The molecule has 5 rings (SSSR count). The number of amides is 1. The number of hydrogen-bond acceptors (Lipinski definition) is 3. The van der Waals surface area contributed by atoms with Gasteiger partial charge in [0.2, 0.25) is 5.91 Å². The van der Waals surface area contributed by atoms with Crippen LogP contribution in [0.5, 0.6) is 0 Å². The molecule has 2 fully saturated rings. The van der Waals surface area contributed by atoms with Crippen molar-refractivity contribution in [2.75, 3.05) is 26.2 Å². The van der Waals surface area contributed by atoms with E-state index >= 15 is 0 Å². The number of hydrogen-bond donors (Lipinski definition) is 0. The van der Waals surface area contributed by atoms with Crippen LogP contribution < -0.4 is 5.56 Å². The summed E-state index contributed by atoms with van der Waals surface area (Å²) in [6.07, 6.45) is -1.47. The predicted molar refractivity (Wildman–Crippen MR) is 119 cm³/mol. The molecule has 4 heterocycles. The van der Waals surface area contributed by atoms with Crippen LogP contribution in [0, 0.1) is 5.92 Å². The molecule has 8 heteroatoms. The van der Waals surface area contributed by atoms with Gasteiger partial charge in [-0.1, -0.05) is 12.1 Å². The minimum absolute atomic E-state index is 0.133. The van der Waals surface area contributed by atoms with E-state index in [4.69, 9.17) is 0 Å². The molecule has 1 aromatic heterocycles. The van der Waals surface area contributed by atoms with E-state index in [1.165, 1.54) is 6.07 Å². The van der Waals surface area contributed by atoms with Gasteiger partial charge < -0.3 is 9.47 Å². The Hall–Kier alpha value is -2.61. The number of alkyl halides is 3. The molecule has 1 amide bonds. The lowest BCUT2D eigenvalue weighted by atomic mass is 9.81. The average molecular weight is 460 g/mol. The van der Waals surface area contributed by atoms with E-state index in [0.29, 0.717) is 29.6 Å². The van der Waals surface area contributed by atoms with Gasteiger partial charge in [0.25, 0.3) is 5.56 Å². The fourth-order valence-corrected chi connectivity index (χ4v) is 5.91. The van der Waals surface area contributed by atoms with Crippen LogP contribution in [-0.2, 0) is 17.5 Å². The van der Waals surface area contributed by atoms with Crippen molar-refractivity contribution in [2.24, 2.45) is 5.92 Å². The first-order valence-electron chi connectivity index (χ1n) is 11.6. The molecular formula is C25H28F3N3O2. The number of halogens is 3. The third kappa shape index (κ3) is 4.21. The monoisotopic (exact) mass is 459 g/mol. The Kier molecular flexibility index (Phi) is 5.59. The van der Waals surface area contributed by atoms with Crippen molar-refractivity contribution in [1.29, 1.82) is 0 Å². The number of aromatic nitrogens is 1. The van der Waals surface area contributed by atoms with Gasteiger partial charge in [0.15, 0.2) is 0 Å². The molecule has 2 bridgehead atoms. The van der Waals surface area contributed by atoms with E-state index in [2.05, 4.69) is 4.90 Å². The van der Waals surface area contributed by atoms with Gasteiger partial charge in [-0.05, 0) is 55.0 Å². The van der Waals surface area contributed by atoms with Crippen LogP contribution in [0.4, 0.5) is 13.2 Å². The van der Waals surface area contributed by atoms with Gasteiger partial charge in [0, 0.05) is 62.9 Å². The van der Waals surface area contributed by atoms with Crippen LogP contribution in [0.25, 0.3) is 11.1 Å². The summed E-state index contributed by atoms with van der Waals surface area (Å²) in [5, 5.41) is 0. The second-order valence-corrected chi connectivity index (χ2v) is 9.66. The highest BCUT2D eigenvalue weighted by molar-refractivity contribution is 5.73. The Balaban J connectivity index is 1.38. The Morgan fingerprint density at radius 3 is 2.48 bits per heavy atom. The van der Waals surface area contributed by atoms with Gasteiger partial charge >= 0.3 is 6.18 Å². The zero-order valence-electron chi connectivity index (χ0n) is 18.6. The molecule has 3 aliphatic heterocycles. The summed E-state index contributed by atoms with van der Waals surface area (Å²) < 4.78 is 41.3. The molecule has 0 saturated carbocycles. The molecule has 176 valence electrons. The van der Waals surface area contributed by atoms with E-state index in [1.54, 1.807) is 23.6 Å². The van der Waals surface area contributed by atoms with Crippen molar-refractivity contribution in [2.45, 2.75) is 50.9 Å². The normalized spacial score (nSPS) is 23.9. The Bertz CT molecular complexity index is 1120. The molecule has 5 nitrogen and oxygen atoms in total. The van der Waals surface area contributed by atoms with Crippen LogP contribution in [0.1, 0.15) is 43.4 Å². The number of pyridine rings is 1. The fourth-order valence-electron chi connectivity index (χ4n) is 5.91. The number of benzene rings is 1. The highest BCUT2D eigenvalue weighted by atomic mass is 19.4. The smallest absolute Gasteiger partial charge is 0.343 e. The Labute approximate surface area is 190 Å². The summed E-state index contributed by atoms with van der Waals surface area (Å²) >= 11 is 0. The van der Waals surface area contributed by atoms with Crippen molar-refractivity contribution in [3.8, 4) is 11.1 Å². The number of carbonyl (C=O) groups is 1. The van der Waals surface area contributed by atoms with Crippen LogP contribution in [0.2, 0.25) is 0 Å². The third-order valence-electron chi connectivity index (χ3n) is 7.56. The van der Waals surface area contributed by atoms with Crippen LogP contribution in [0.3, 0.4) is 0 Å². The van der Waals surface area contributed by atoms with E-state index in [1.807, 2.05) is 11.0 Å². The second kappa shape index (κ2) is 8.31. The molecule has 3 aliphatic rings. The van der Waals surface area contributed by atoms with Crippen LogP contribution in [-0.4, -0.2) is 52.5 Å². The number of piperidine rings is 2. The Morgan fingerprint density at radius 2 is 1.79 bits per heavy atom. The maximum absolute atomic E-state index is 13.3. The molecule has 1 aromatic carbocycles. The van der Waals surface area contributed by atoms with Crippen molar-refractivity contribution in [3.63, 3.8) is 0 Å². The highest BCUT2D eigenvalue weighted by Crippen LogP contribution is 2.38. The molecule has 0 unspecified atom stereocenters. The van der Waals surface area contributed by atoms with Gasteiger partial charge in [-0.15, -0.1) is 0 Å². The third-order valence-corrected chi connectivity index (χ3v) is 7.56. The first kappa shape index (κ1) is 22.2. The lowest BCUT2D eigenvalue weighted by Crippen LogP contribution is -2.53. The highest BCUT2D eigenvalue weighted by Gasteiger charge is 2.38. The first-order valence-corrected chi connectivity index (χ1v) is 11.6. The fraction of sp³-hybridized carbons (Fsp3) is 0.520. The van der Waals surface area contributed by atoms with Gasteiger partial charge in [0.1, 0.15) is 0 Å². The lowest BCUT2D eigenvalue weighted by molar-refractivity contribution is -0.137. The predicted octanol–water partition coefficient (Wildman–Crippen LogP) is 3.96. The minimum Gasteiger partial charge on any atom is -0.343 e. The zero-order valence-corrected chi connectivity index (χ0v) is 18.6. The number of rotatable bonds is 2. The SMILES string of the molecule is CC(=O)N1CCC(N2C[C@H]3C[C@H](C2)c2ccc(-c4cccc(C(F)(F)F)c4)c(=O)n2C3)CC1. The molecule has 2 atom stereocenters. The summed E-state index contributed by atoms with van der Waals surface area (Å²) in [5.41, 5.74) is 0.658. The molecule has 33 heavy (non-hydrogen) atoms. The van der Waals surface area contributed by atoms with E-state index in [0.717, 1.165) is 63.3 Å². The zero-order chi connectivity index (χ0) is 23.3. The van der Waals surface area contributed by atoms with Gasteiger partial charge in [0.05, 0.1) is 5.56 Å². The maximum Gasteiger partial charge on any atom is 0.416 e. The van der Waals surface area contributed by atoms with Crippen molar-refractivity contribution >= 4 is 5.91 Å². The number of nitrogens with zero attached hydrogens (tertiary/aromatic N) is 3. The molecule has 0 aliphatic carbocycles. The van der Waals surface area contributed by atoms with Crippen molar-refractivity contribution in [1.82, 2.24) is 14.4 Å². The molecule has 2 saturated heterocycles. The first-order chi connectivity index (χ1) is 15.7. The molecule has 0 radical (unpaired) electrons. The molecule has 0 N–H and O–H groups in total. The molecular weight excluding hydrogens is 431 g/mol. The van der Waals surface area contributed by atoms with Gasteiger partial charge in [-0.25, -0.2) is 0 Å². The van der Waals surface area contributed by atoms with Crippen molar-refractivity contribution in [3.05, 3.63) is 58.0 Å². The maximum atomic E-state index is 13.3. The number of carbonyl (C=O) groups excluding carboxylic acids is 1. The van der Waals surface area contributed by atoms with E-state index in [9.17, 15) is 22.8 Å². The minimum atomic E-state index is -4.44. The van der Waals surface area contributed by atoms with Gasteiger partial charge in [-0.3, -0.25) is 14.5 Å². The molecule has 0 spiro atoms. The standard InChI is InChI=1S/C25H28F3N3O2/c1-16(32)29-9-7-21(8-10-29)30-13-17-11-19(15-30)23-6-5-22(24(33)31(23)14-17)18-3-2-4-20(12-18)25(26,27)28/h2-6,12,17,19,21H,7-11,13-15H2,1H3/t17-,19-/m1/s1. The quantitative estimate of drug-likeness (QED) is 0.683. The van der Waals surface area contributed by atoms with Crippen molar-refractivity contribution < 1.29 is 18.0 Å². The second-order valence-electron chi connectivity index (χ2n) is 9.66. The summed E-state index contributed by atoms with van der Waals surface area (Å²) in [6.45, 7) is 5.60. The van der Waals surface area contributed by atoms with Crippen LogP contribution >= 0.6 is 0 Å². The summed E-state index contributed by atoms with van der Waals surface area (Å²) in [7, 11) is 0. The van der Waals surface area contributed by atoms with E-state index in [-0.39, 0.29) is 17.4 Å². The van der Waals surface area contributed by atoms with Crippen LogP contribution in [0.15, 0.2) is 41.2 Å². The Morgan fingerprint density at radius 1 is 1.03 bits per heavy atom. The van der Waals surface area contributed by atoms with Gasteiger partial charge in [-0.2, -0.15) is 13.2 Å². The average Bonchev–Trinajstić information content (AvgIpc) is 2.79. The molecule has 2 aromatic rings. The summed E-state index contributed by atoms with van der Waals surface area (Å²) in [6, 6.07) is 9.08. The lowest BCUT2D eigenvalue weighted by Gasteiger charge is -2.47. The summed E-state index contributed by atoms with van der Waals surface area (Å²) in [5.74, 6) is 0.719. The number of fused-ring (bicyclic) bond motifs is 4. The summed E-state index contributed by atoms with van der Waals surface area (Å²) in [4.78, 5) is 29.4. The number of likely N-dealkylation sites (tertiary alicyclic amines) is 2. The topological polar surface area (TPSA) is 45.6 Å². The largest absolute Gasteiger partial charge is 0.416 e.